The van der Waals surface area contributed by atoms with E-state index in [2.05, 4.69) is 4.99 Å². The lowest BCUT2D eigenvalue weighted by molar-refractivity contribution is 0.0415. The first-order valence-electron chi connectivity index (χ1n) is 5.38. The van der Waals surface area contributed by atoms with Crippen LogP contribution in [0.15, 0.2) is 35.3 Å². The molecule has 0 fully saturated rings. The van der Waals surface area contributed by atoms with Crippen molar-refractivity contribution in [2.45, 2.75) is 31.9 Å². The molecule has 1 aliphatic heterocycles. The molecule has 0 spiro atoms. The maximum atomic E-state index is 11.7. The molecule has 0 N–H and O–H groups in total. The van der Waals surface area contributed by atoms with Gasteiger partial charge in [-0.05, 0) is 26.0 Å². The van der Waals surface area contributed by atoms with Gasteiger partial charge in [0.1, 0.15) is 6.10 Å². The van der Waals surface area contributed by atoms with Gasteiger partial charge in [-0.15, -0.1) is 0 Å². The van der Waals surface area contributed by atoms with Crippen molar-refractivity contribution in [2.75, 3.05) is 0 Å². The van der Waals surface area contributed by atoms with E-state index in [0.717, 1.165) is 6.42 Å². The second kappa shape index (κ2) is 4.08. The molecule has 1 atom stereocenters. The molecule has 0 aliphatic carbocycles. The molecular formula is C13H15NO2. The molecule has 1 aromatic carbocycles. The van der Waals surface area contributed by atoms with Crippen molar-refractivity contribution in [3.63, 3.8) is 0 Å². The smallest absolute Gasteiger partial charge is 0.338 e. The summed E-state index contributed by atoms with van der Waals surface area (Å²) in [6.45, 7) is 4.06. The molecule has 0 saturated heterocycles. The molecule has 1 unspecified atom stereocenters. The zero-order valence-corrected chi connectivity index (χ0v) is 9.51. The van der Waals surface area contributed by atoms with Gasteiger partial charge in [0, 0.05) is 12.6 Å². The highest BCUT2D eigenvalue weighted by molar-refractivity contribution is 5.90. The first-order chi connectivity index (χ1) is 7.57. The molecule has 16 heavy (non-hydrogen) atoms. The Hall–Kier alpha value is -1.64. The van der Waals surface area contributed by atoms with Crippen LogP contribution < -0.4 is 0 Å². The molecule has 3 heteroatoms. The van der Waals surface area contributed by atoms with Gasteiger partial charge < -0.3 is 4.74 Å². The normalized spacial score (nSPS) is 22.0. The molecule has 3 nitrogen and oxygen atoms in total. The fourth-order valence-corrected chi connectivity index (χ4v) is 1.73. The summed E-state index contributed by atoms with van der Waals surface area (Å²) in [5, 5.41) is 0. The topological polar surface area (TPSA) is 38.7 Å². The van der Waals surface area contributed by atoms with Crippen molar-refractivity contribution >= 4 is 12.2 Å². The quantitative estimate of drug-likeness (QED) is 0.714. The standard InChI is InChI=1S/C13H15NO2/c1-13(2)8-11(9-14-13)16-12(15)10-6-4-3-5-7-10/h3-7,9,11H,8H2,1-2H3. The lowest BCUT2D eigenvalue weighted by atomic mass is 10.0. The highest BCUT2D eigenvalue weighted by Crippen LogP contribution is 2.23. The summed E-state index contributed by atoms with van der Waals surface area (Å²) in [5.41, 5.74) is 0.474. The summed E-state index contributed by atoms with van der Waals surface area (Å²) in [6, 6.07) is 9.02. The summed E-state index contributed by atoms with van der Waals surface area (Å²) in [5.74, 6) is -0.283. The van der Waals surface area contributed by atoms with E-state index in [-0.39, 0.29) is 17.6 Å². The molecule has 2 rings (SSSR count). The minimum absolute atomic E-state index is 0.109. The van der Waals surface area contributed by atoms with Crippen LogP contribution in [-0.4, -0.2) is 23.8 Å². The lowest BCUT2D eigenvalue weighted by Crippen LogP contribution is -2.22. The molecule has 1 aromatic rings. The van der Waals surface area contributed by atoms with Crippen LogP contribution >= 0.6 is 0 Å². The number of hydrogen-bond donors (Lipinski definition) is 0. The van der Waals surface area contributed by atoms with E-state index in [4.69, 9.17) is 4.74 Å². The van der Waals surface area contributed by atoms with E-state index in [1.807, 2.05) is 32.0 Å². The highest BCUT2D eigenvalue weighted by Gasteiger charge is 2.29. The van der Waals surface area contributed by atoms with E-state index in [1.165, 1.54) is 0 Å². The van der Waals surface area contributed by atoms with Gasteiger partial charge in [-0.3, -0.25) is 4.99 Å². The van der Waals surface area contributed by atoms with Crippen molar-refractivity contribution in [3.8, 4) is 0 Å². The number of nitrogens with zero attached hydrogens (tertiary/aromatic N) is 1. The van der Waals surface area contributed by atoms with Crippen LogP contribution in [0.25, 0.3) is 0 Å². The minimum Gasteiger partial charge on any atom is -0.453 e. The van der Waals surface area contributed by atoms with Crippen molar-refractivity contribution < 1.29 is 9.53 Å². The van der Waals surface area contributed by atoms with Crippen LogP contribution in [0.4, 0.5) is 0 Å². The third-order valence-electron chi connectivity index (χ3n) is 2.56. The van der Waals surface area contributed by atoms with Gasteiger partial charge in [0.25, 0.3) is 0 Å². The summed E-state index contributed by atoms with van der Waals surface area (Å²) in [7, 11) is 0. The molecule has 1 aliphatic rings. The van der Waals surface area contributed by atoms with E-state index in [1.54, 1.807) is 18.3 Å². The lowest BCUT2D eigenvalue weighted by Gasteiger charge is -2.15. The third kappa shape index (κ3) is 2.48. The molecule has 1 heterocycles. The van der Waals surface area contributed by atoms with E-state index < -0.39 is 0 Å². The predicted octanol–water partition coefficient (Wildman–Crippen LogP) is 2.47. The second-order valence-electron chi connectivity index (χ2n) is 4.60. The van der Waals surface area contributed by atoms with Crippen LogP contribution in [0.1, 0.15) is 30.6 Å². The van der Waals surface area contributed by atoms with Crippen molar-refractivity contribution in [1.82, 2.24) is 0 Å². The number of benzene rings is 1. The van der Waals surface area contributed by atoms with Gasteiger partial charge in [-0.25, -0.2) is 4.79 Å². The van der Waals surface area contributed by atoms with Gasteiger partial charge >= 0.3 is 5.97 Å². The second-order valence-corrected chi connectivity index (χ2v) is 4.60. The van der Waals surface area contributed by atoms with Crippen LogP contribution in [0.2, 0.25) is 0 Å². The fourth-order valence-electron chi connectivity index (χ4n) is 1.73. The van der Waals surface area contributed by atoms with E-state index in [0.29, 0.717) is 5.56 Å². The Morgan fingerprint density at radius 3 is 2.62 bits per heavy atom. The number of ether oxygens (including phenoxy) is 1. The number of aliphatic imine (C=N–C) groups is 1. The van der Waals surface area contributed by atoms with Crippen molar-refractivity contribution in [2.24, 2.45) is 4.99 Å². The van der Waals surface area contributed by atoms with Crippen LogP contribution in [-0.2, 0) is 4.74 Å². The maximum absolute atomic E-state index is 11.7. The Morgan fingerprint density at radius 1 is 1.38 bits per heavy atom. The molecule has 84 valence electrons. The van der Waals surface area contributed by atoms with Crippen molar-refractivity contribution in [1.29, 1.82) is 0 Å². The van der Waals surface area contributed by atoms with Crippen LogP contribution in [0, 0.1) is 0 Å². The number of carbonyl (C=O) groups is 1. The Kier molecular flexibility index (Phi) is 2.77. The number of esters is 1. The Morgan fingerprint density at radius 2 is 2.06 bits per heavy atom. The molecular weight excluding hydrogens is 202 g/mol. The summed E-state index contributed by atoms with van der Waals surface area (Å²) in [4.78, 5) is 16.0. The molecule has 0 amide bonds. The van der Waals surface area contributed by atoms with Crippen LogP contribution in [0.5, 0.6) is 0 Å². The van der Waals surface area contributed by atoms with Crippen LogP contribution in [0.3, 0.4) is 0 Å². The Bertz CT molecular complexity index is 409. The first kappa shape index (κ1) is 10.9. The average molecular weight is 217 g/mol. The average Bonchev–Trinajstić information content (AvgIpc) is 2.59. The highest BCUT2D eigenvalue weighted by atomic mass is 16.5. The van der Waals surface area contributed by atoms with Gasteiger partial charge in [0.2, 0.25) is 0 Å². The summed E-state index contributed by atoms with van der Waals surface area (Å²) >= 11 is 0. The maximum Gasteiger partial charge on any atom is 0.338 e. The van der Waals surface area contributed by atoms with Crippen molar-refractivity contribution in [3.05, 3.63) is 35.9 Å². The van der Waals surface area contributed by atoms with Gasteiger partial charge in [-0.2, -0.15) is 0 Å². The largest absolute Gasteiger partial charge is 0.453 e. The number of rotatable bonds is 2. The predicted molar refractivity (Wildman–Crippen MR) is 62.8 cm³/mol. The monoisotopic (exact) mass is 217 g/mol. The van der Waals surface area contributed by atoms with E-state index >= 15 is 0 Å². The number of hydrogen-bond acceptors (Lipinski definition) is 3. The fraction of sp³-hybridized carbons (Fsp3) is 0.385. The molecule has 0 radical (unpaired) electrons. The molecule has 0 bridgehead atoms. The SMILES string of the molecule is CC1(C)CC(OC(=O)c2ccccc2)C=N1. The minimum atomic E-state index is -0.283. The summed E-state index contributed by atoms with van der Waals surface area (Å²) < 4.78 is 5.34. The zero-order valence-electron chi connectivity index (χ0n) is 9.51. The van der Waals surface area contributed by atoms with Gasteiger partial charge in [0.05, 0.1) is 11.1 Å². The van der Waals surface area contributed by atoms with Gasteiger partial charge in [0.15, 0.2) is 0 Å². The Labute approximate surface area is 95.2 Å². The number of carbonyl (C=O) groups excluding carboxylic acids is 1. The summed E-state index contributed by atoms with van der Waals surface area (Å²) in [6.07, 6.45) is 2.29. The van der Waals surface area contributed by atoms with Gasteiger partial charge in [-0.1, -0.05) is 18.2 Å². The third-order valence-corrected chi connectivity index (χ3v) is 2.56. The first-order valence-corrected chi connectivity index (χ1v) is 5.38. The molecule has 0 aromatic heterocycles. The molecule has 0 saturated carbocycles. The van der Waals surface area contributed by atoms with E-state index in [9.17, 15) is 4.79 Å². The zero-order chi connectivity index (χ0) is 11.6. The Balaban J connectivity index is 1.98.